The van der Waals surface area contributed by atoms with Crippen LogP contribution in [0.1, 0.15) is 41.3 Å². The maximum atomic E-state index is 13.5. The van der Waals surface area contributed by atoms with Gasteiger partial charge in [0.05, 0.1) is 5.56 Å². The van der Waals surface area contributed by atoms with Gasteiger partial charge in [0, 0.05) is 58.2 Å². The number of piperidine rings is 1. The van der Waals surface area contributed by atoms with Crippen LogP contribution in [0.25, 0.3) is 0 Å². The molecule has 9 heteroatoms. The third-order valence-corrected chi connectivity index (χ3v) is 8.33. The number of benzene rings is 1. The molecule has 2 aliphatic rings. The van der Waals surface area contributed by atoms with E-state index in [4.69, 9.17) is 0 Å². The summed E-state index contributed by atoms with van der Waals surface area (Å²) in [6, 6.07) is 6.33. The van der Waals surface area contributed by atoms with Crippen molar-refractivity contribution >= 4 is 21.6 Å². The molecule has 174 valence electrons. The highest BCUT2D eigenvalue weighted by Crippen LogP contribution is 2.27. The molecule has 1 aromatic carbocycles. The minimum Gasteiger partial charge on any atom is -0.369 e. The molecule has 0 saturated carbocycles. The van der Waals surface area contributed by atoms with Gasteiger partial charge in [0.15, 0.2) is 0 Å². The fourth-order valence-corrected chi connectivity index (χ4v) is 6.24. The van der Waals surface area contributed by atoms with Crippen LogP contribution < -0.4 is 4.90 Å². The van der Waals surface area contributed by atoms with Crippen LogP contribution in [0.15, 0.2) is 29.4 Å². The van der Waals surface area contributed by atoms with Gasteiger partial charge in [-0.3, -0.25) is 9.48 Å². The number of amides is 1. The summed E-state index contributed by atoms with van der Waals surface area (Å²) in [4.78, 5) is 17.2. The van der Waals surface area contributed by atoms with Crippen LogP contribution in [0.5, 0.6) is 0 Å². The molecule has 0 bridgehead atoms. The van der Waals surface area contributed by atoms with Gasteiger partial charge >= 0.3 is 0 Å². The zero-order valence-electron chi connectivity index (χ0n) is 19.4. The monoisotopic (exact) mass is 459 g/mol. The van der Waals surface area contributed by atoms with E-state index in [1.54, 1.807) is 18.1 Å². The summed E-state index contributed by atoms with van der Waals surface area (Å²) in [6.45, 7) is 9.49. The van der Waals surface area contributed by atoms with Crippen molar-refractivity contribution < 1.29 is 13.2 Å². The van der Waals surface area contributed by atoms with Gasteiger partial charge in [-0.15, -0.1) is 0 Å². The van der Waals surface area contributed by atoms with E-state index in [9.17, 15) is 13.2 Å². The van der Waals surface area contributed by atoms with Crippen LogP contribution in [-0.4, -0.2) is 72.6 Å². The number of hydrogen-bond donors (Lipinski definition) is 0. The van der Waals surface area contributed by atoms with Crippen molar-refractivity contribution in [3.8, 4) is 0 Å². The van der Waals surface area contributed by atoms with Crippen LogP contribution in [-0.2, 0) is 17.1 Å². The Morgan fingerprint density at radius 1 is 1.09 bits per heavy atom. The molecule has 32 heavy (non-hydrogen) atoms. The third kappa shape index (κ3) is 4.41. The van der Waals surface area contributed by atoms with E-state index >= 15 is 0 Å². The second kappa shape index (κ2) is 8.86. The van der Waals surface area contributed by atoms with Crippen molar-refractivity contribution in [3.05, 3.63) is 41.1 Å². The molecule has 0 N–H and O–H groups in total. The summed E-state index contributed by atoms with van der Waals surface area (Å²) in [7, 11) is -2.21. The molecule has 0 unspecified atom stereocenters. The normalized spacial score (nSPS) is 20.6. The Balaban J connectivity index is 1.53. The average molecular weight is 460 g/mol. The van der Waals surface area contributed by atoms with Gasteiger partial charge in [-0.1, -0.05) is 19.1 Å². The first-order valence-corrected chi connectivity index (χ1v) is 12.8. The number of aromatic nitrogens is 2. The summed E-state index contributed by atoms with van der Waals surface area (Å²) in [6.07, 6.45) is 3.57. The van der Waals surface area contributed by atoms with Crippen molar-refractivity contribution in [3.63, 3.8) is 0 Å². The van der Waals surface area contributed by atoms with Gasteiger partial charge in [0.25, 0.3) is 15.9 Å². The second-order valence-electron chi connectivity index (χ2n) is 9.20. The summed E-state index contributed by atoms with van der Waals surface area (Å²) in [5, 5.41) is 4.10. The lowest BCUT2D eigenvalue weighted by Gasteiger charge is -2.36. The molecular weight excluding hydrogens is 426 g/mol. The number of piperazine rings is 1. The van der Waals surface area contributed by atoms with E-state index in [0.29, 0.717) is 45.2 Å². The van der Waals surface area contributed by atoms with Crippen molar-refractivity contribution in [2.45, 2.75) is 38.6 Å². The predicted octanol–water partition coefficient (Wildman–Crippen LogP) is 2.42. The highest BCUT2D eigenvalue weighted by atomic mass is 32.2. The lowest BCUT2D eigenvalue weighted by atomic mass is 10.00. The molecule has 2 fully saturated rings. The topological polar surface area (TPSA) is 78.8 Å². The van der Waals surface area contributed by atoms with E-state index in [1.165, 1.54) is 20.1 Å². The minimum atomic E-state index is -3.87. The fraction of sp³-hybridized carbons (Fsp3) is 0.565. The standard InChI is InChI=1S/C23H33N5O3S/c1-17-7-8-19(3)21(14-17)26-10-12-28(13-11-26)32(30,31)22-20(16-25(4)24-22)23(29)27-9-5-6-18(2)15-27/h7-8,14,16,18H,5-6,9-13,15H2,1-4H3/t18-/m0/s1. The van der Waals surface area contributed by atoms with E-state index in [-0.39, 0.29) is 16.5 Å². The Labute approximate surface area is 190 Å². The van der Waals surface area contributed by atoms with Crippen molar-refractivity contribution in [1.29, 1.82) is 0 Å². The summed E-state index contributed by atoms with van der Waals surface area (Å²) in [5.74, 6) is 0.180. The summed E-state index contributed by atoms with van der Waals surface area (Å²) < 4.78 is 29.9. The Morgan fingerprint density at radius 3 is 2.50 bits per heavy atom. The molecule has 8 nitrogen and oxygen atoms in total. The molecule has 4 rings (SSSR count). The summed E-state index contributed by atoms with van der Waals surface area (Å²) >= 11 is 0. The number of nitrogens with zero attached hydrogens (tertiary/aromatic N) is 5. The smallest absolute Gasteiger partial charge is 0.263 e. The predicted molar refractivity (Wildman–Crippen MR) is 124 cm³/mol. The molecule has 1 aromatic heterocycles. The van der Waals surface area contributed by atoms with E-state index in [1.807, 2.05) is 0 Å². The molecule has 2 aromatic rings. The molecule has 2 aliphatic heterocycles. The van der Waals surface area contributed by atoms with Crippen LogP contribution in [0.4, 0.5) is 5.69 Å². The number of likely N-dealkylation sites (tertiary alicyclic amines) is 1. The first-order chi connectivity index (χ1) is 15.2. The molecular formula is C23H33N5O3S. The number of anilines is 1. The lowest BCUT2D eigenvalue weighted by Crippen LogP contribution is -2.49. The molecule has 0 spiro atoms. The number of hydrogen-bond acceptors (Lipinski definition) is 5. The maximum absolute atomic E-state index is 13.5. The number of aryl methyl sites for hydroxylation is 3. The van der Waals surface area contributed by atoms with Gasteiger partial charge in [0.1, 0.15) is 0 Å². The number of sulfonamides is 1. The van der Waals surface area contributed by atoms with Crippen molar-refractivity contribution in [2.24, 2.45) is 13.0 Å². The van der Waals surface area contributed by atoms with E-state index < -0.39 is 10.0 Å². The third-order valence-electron chi connectivity index (χ3n) is 6.50. The first-order valence-electron chi connectivity index (χ1n) is 11.3. The van der Waals surface area contributed by atoms with Gasteiger partial charge in [-0.2, -0.15) is 9.40 Å². The lowest BCUT2D eigenvalue weighted by molar-refractivity contribution is 0.0679. The van der Waals surface area contributed by atoms with Gasteiger partial charge in [0.2, 0.25) is 5.03 Å². The van der Waals surface area contributed by atoms with Crippen molar-refractivity contribution in [2.75, 3.05) is 44.2 Å². The Morgan fingerprint density at radius 2 is 1.81 bits per heavy atom. The maximum Gasteiger partial charge on any atom is 0.263 e. The van der Waals surface area contributed by atoms with Crippen LogP contribution in [0.3, 0.4) is 0 Å². The zero-order chi connectivity index (χ0) is 23.0. The fourth-order valence-electron chi connectivity index (χ4n) is 4.70. The quantitative estimate of drug-likeness (QED) is 0.702. The van der Waals surface area contributed by atoms with Crippen LogP contribution in [0, 0.1) is 19.8 Å². The largest absolute Gasteiger partial charge is 0.369 e. The highest BCUT2D eigenvalue weighted by Gasteiger charge is 2.36. The van der Waals surface area contributed by atoms with Gasteiger partial charge < -0.3 is 9.80 Å². The Bertz CT molecular complexity index is 1100. The SMILES string of the molecule is Cc1ccc(C)c(N2CCN(S(=O)(=O)c3nn(C)cc3C(=O)N3CCC[C@H](C)C3)CC2)c1. The molecule has 3 heterocycles. The van der Waals surface area contributed by atoms with Gasteiger partial charge in [-0.25, -0.2) is 8.42 Å². The number of carbonyl (C=O) groups is 1. The van der Waals surface area contributed by atoms with E-state index in [2.05, 4.69) is 49.0 Å². The zero-order valence-corrected chi connectivity index (χ0v) is 20.2. The highest BCUT2D eigenvalue weighted by molar-refractivity contribution is 7.89. The summed E-state index contributed by atoms with van der Waals surface area (Å²) in [5.41, 5.74) is 3.69. The second-order valence-corrected chi connectivity index (χ2v) is 11.1. The Kier molecular flexibility index (Phi) is 6.31. The molecule has 1 atom stereocenters. The Hall–Kier alpha value is -2.39. The van der Waals surface area contributed by atoms with Crippen LogP contribution >= 0.6 is 0 Å². The average Bonchev–Trinajstić information content (AvgIpc) is 3.17. The number of carbonyl (C=O) groups excluding carboxylic acids is 1. The first kappa shape index (κ1) is 22.8. The minimum absolute atomic E-state index is 0.122. The number of rotatable bonds is 4. The molecule has 0 aliphatic carbocycles. The molecule has 1 amide bonds. The van der Waals surface area contributed by atoms with E-state index in [0.717, 1.165) is 18.5 Å². The van der Waals surface area contributed by atoms with Gasteiger partial charge in [-0.05, 0) is 49.8 Å². The van der Waals surface area contributed by atoms with Crippen molar-refractivity contribution in [1.82, 2.24) is 19.0 Å². The molecule has 2 saturated heterocycles. The molecule has 0 radical (unpaired) electrons. The van der Waals surface area contributed by atoms with Crippen LogP contribution in [0.2, 0.25) is 0 Å².